The SMILES string of the molecule is CCCCN1C(=O)CCC(C(=O)N2CCN(c3ncccc3C#N)CC2)C1c1ccccc1OC. The lowest BCUT2D eigenvalue weighted by Gasteiger charge is -2.44. The van der Waals surface area contributed by atoms with E-state index in [0.29, 0.717) is 62.7 Å². The molecule has 4 rings (SSSR count). The highest BCUT2D eigenvalue weighted by Gasteiger charge is 2.43. The summed E-state index contributed by atoms with van der Waals surface area (Å²) in [6, 6.07) is 13.1. The van der Waals surface area contributed by atoms with E-state index in [2.05, 4.69) is 22.9 Å². The van der Waals surface area contributed by atoms with Crippen LogP contribution in [-0.4, -0.2) is 66.4 Å². The summed E-state index contributed by atoms with van der Waals surface area (Å²) in [5, 5.41) is 9.42. The minimum Gasteiger partial charge on any atom is -0.496 e. The van der Waals surface area contributed by atoms with Gasteiger partial charge in [0.15, 0.2) is 0 Å². The van der Waals surface area contributed by atoms with Crippen LogP contribution in [-0.2, 0) is 9.59 Å². The second-order valence-electron chi connectivity index (χ2n) is 9.07. The minimum absolute atomic E-state index is 0.0797. The number of piperazine rings is 1. The quantitative estimate of drug-likeness (QED) is 0.610. The van der Waals surface area contributed by atoms with Crippen molar-refractivity contribution in [3.63, 3.8) is 0 Å². The number of piperidine rings is 1. The van der Waals surface area contributed by atoms with Crippen LogP contribution in [0.3, 0.4) is 0 Å². The predicted octanol–water partition coefficient (Wildman–Crippen LogP) is 3.39. The van der Waals surface area contributed by atoms with Gasteiger partial charge in [-0.15, -0.1) is 0 Å². The van der Waals surface area contributed by atoms with Crippen molar-refractivity contribution in [2.24, 2.45) is 5.92 Å². The number of hydrogen-bond donors (Lipinski definition) is 0. The first-order valence-electron chi connectivity index (χ1n) is 12.4. The zero-order valence-electron chi connectivity index (χ0n) is 20.5. The molecule has 2 saturated heterocycles. The third-order valence-electron chi connectivity index (χ3n) is 7.03. The first kappa shape index (κ1) is 24.5. The topological polar surface area (TPSA) is 89.8 Å². The monoisotopic (exact) mass is 475 g/mol. The maximum absolute atomic E-state index is 13.9. The Morgan fingerprint density at radius 3 is 2.66 bits per heavy atom. The van der Waals surface area contributed by atoms with Crippen molar-refractivity contribution in [2.45, 2.75) is 38.6 Å². The summed E-state index contributed by atoms with van der Waals surface area (Å²) in [7, 11) is 1.63. The second kappa shape index (κ2) is 11.2. The largest absolute Gasteiger partial charge is 0.496 e. The van der Waals surface area contributed by atoms with Gasteiger partial charge in [0.2, 0.25) is 11.8 Å². The predicted molar refractivity (Wildman–Crippen MR) is 133 cm³/mol. The van der Waals surface area contributed by atoms with E-state index >= 15 is 0 Å². The molecule has 2 atom stereocenters. The first-order chi connectivity index (χ1) is 17.1. The van der Waals surface area contributed by atoms with E-state index in [1.807, 2.05) is 34.1 Å². The fourth-order valence-electron chi connectivity index (χ4n) is 5.21. The molecule has 2 aromatic rings. The average molecular weight is 476 g/mol. The molecule has 2 amide bonds. The normalized spacial score (nSPS) is 20.5. The number of likely N-dealkylation sites (tertiary alicyclic amines) is 1. The number of amides is 2. The number of ether oxygens (including phenoxy) is 1. The molecule has 0 aliphatic carbocycles. The number of pyridine rings is 1. The highest BCUT2D eigenvalue weighted by atomic mass is 16.5. The summed E-state index contributed by atoms with van der Waals surface area (Å²) in [6.45, 7) is 5.07. The van der Waals surface area contributed by atoms with E-state index in [1.54, 1.807) is 25.4 Å². The third kappa shape index (κ3) is 5.09. The smallest absolute Gasteiger partial charge is 0.228 e. The lowest BCUT2D eigenvalue weighted by Crippen LogP contribution is -2.54. The molecule has 35 heavy (non-hydrogen) atoms. The molecule has 184 valence electrons. The van der Waals surface area contributed by atoms with Gasteiger partial charge in [0.05, 0.1) is 24.6 Å². The number of carbonyl (C=O) groups excluding carboxylic acids is 2. The van der Waals surface area contributed by atoms with Gasteiger partial charge in [-0.2, -0.15) is 5.26 Å². The Bertz CT molecular complexity index is 1090. The molecule has 0 bridgehead atoms. The van der Waals surface area contributed by atoms with Gasteiger partial charge in [0.1, 0.15) is 17.6 Å². The van der Waals surface area contributed by atoms with E-state index < -0.39 is 0 Å². The lowest BCUT2D eigenvalue weighted by atomic mass is 9.82. The van der Waals surface area contributed by atoms with Crippen molar-refractivity contribution in [3.05, 3.63) is 53.7 Å². The Kier molecular flexibility index (Phi) is 7.86. The number of nitrogens with zero attached hydrogens (tertiary/aromatic N) is 5. The van der Waals surface area contributed by atoms with Crippen molar-refractivity contribution >= 4 is 17.6 Å². The number of methoxy groups -OCH3 is 1. The fourth-order valence-corrected chi connectivity index (χ4v) is 5.21. The van der Waals surface area contributed by atoms with Crippen molar-refractivity contribution in [1.82, 2.24) is 14.8 Å². The summed E-state index contributed by atoms with van der Waals surface area (Å²) in [5.41, 5.74) is 1.43. The number of rotatable bonds is 7. The zero-order valence-corrected chi connectivity index (χ0v) is 20.5. The molecule has 3 heterocycles. The van der Waals surface area contributed by atoms with Gasteiger partial charge in [-0.1, -0.05) is 31.5 Å². The molecular formula is C27H33N5O3. The van der Waals surface area contributed by atoms with Crippen LogP contribution in [0.25, 0.3) is 0 Å². The van der Waals surface area contributed by atoms with Gasteiger partial charge >= 0.3 is 0 Å². The zero-order chi connectivity index (χ0) is 24.8. The number of anilines is 1. The summed E-state index contributed by atoms with van der Waals surface area (Å²) < 4.78 is 5.64. The second-order valence-corrected chi connectivity index (χ2v) is 9.07. The first-order valence-corrected chi connectivity index (χ1v) is 12.4. The van der Waals surface area contributed by atoms with Crippen LogP contribution in [0, 0.1) is 17.2 Å². The molecule has 1 aromatic carbocycles. The van der Waals surface area contributed by atoms with Gasteiger partial charge in [-0.3, -0.25) is 9.59 Å². The molecule has 8 nitrogen and oxygen atoms in total. The van der Waals surface area contributed by atoms with Crippen LogP contribution in [0.2, 0.25) is 0 Å². The van der Waals surface area contributed by atoms with Crippen molar-refractivity contribution in [3.8, 4) is 11.8 Å². The molecular weight excluding hydrogens is 442 g/mol. The van der Waals surface area contributed by atoms with Crippen LogP contribution < -0.4 is 9.64 Å². The molecule has 0 saturated carbocycles. The number of nitriles is 1. The maximum atomic E-state index is 13.9. The molecule has 8 heteroatoms. The Labute approximate surface area is 207 Å². The highest BCUT2D eigenvalue weighted by molar-refractivity contribution is 5.85. The summed E-state index contributed by atoms with van der Waals surface area (Å²) >= 11 is 0. The van der Waals surface area contributed by atoms with E-state index in [-0.39, 0.29) is 23.8 Å². The van der Waals surface area contributed by atoms with Crippen molar-refractivity contribution in [1.29, 1.82) is 5.26 Å². The van der Waals surface area contributed by atoms with E-state index in [4.69, 9.17) is 4.74 Å². The number of unbranched alkanes of at least 4 members (excludes halogenated alkanes) is 1. The standard InChI is InChI=1S/C27H33N5O3/c1-3-4-14-32-24(33)12-11-22(25(32)21-9-5-6-10-23(21)35-2)27(34)31-17-15-30(16-18-31)26-20(19-28)8-7-13-29-26/h5-10,13,22,25H,3-4,11-12,14-18H2,1-2H3. The Morgan fingerprint density at radius 1 is 1.17 bits per heavy atom. The van der Waals surface area contributed by atoms with Crippen LogP contribution in [0.5, 0.6) is 5.75 Å². The lowest BCUT2D eigenvalue weighted by molar-refractivity contribution is -0.148. The van der Waals surface area contributed by atoms with Gasteiger partial charge < -0.3 is 19.4 Å². The summed E-state index contributed by atoms with van der Waals surface area (Å²) in [5.74, 6) is 1.23. The minimum atomic E-state index is -0.342. The number of hydrogen-bond acceptors (Lipinski definition) is 6. The Hall–Kier alpha value is -3.60. The average Bonchev–Trinajstić information content (AvgIpc) is 2.91. The fraction of sp³-hybridized carbons (Fsp3) is 0.481. The third-order valence-corrected chi connectivity index (χ3v) is 7.03. The van der Waals surface area contributed by atoms with Crippen LogP contribution in [0.1, 0.15) is 49.8 Å². The number of aromatic nitrogens is 1. The van der Waals surface area contributed by atoms with Gasteiger partial charge in [0.25, 0.3) is 0 Å². The maximum Gasteiger partial charge on any atom is 0.228 e. The van der Waals surface area contributed by atoms with Crippen LogP contribution >= 0.6 is 0 Å². The molecule has 0 N–H and O–H groups in total. The summed E-state index contributed by atoms with van der Waals surface area (Å²) in [6.07, 6.45) is 4.46. The van der Waals surface area contributed by atoms with Crippen LogP contribution in [0.4, 0.5) is 5.82 Å². The number of benzene rings is 1. The molecule has 0 radical (unpaired) electrons. The van der Waals surface area contributed by atoms with E-state index in [0.717, 1.165) is 18.4 Å². The Balaban J connectivity index is 1.56. The molecule has 2 aliphatic rings. The highest BCUT2D eigenvalue weighted by Crippen LogP contribution is 2.41. The molecule has 2 unspecified atom stereocenters. The Morgan fingerprint density at radius 2 is 1.94 bits per heavy atom. The molecule has 0 spiro atoms. The van der Waals surface area contributed by atoms with Gasteiger partial charge in [-0.05, 0) is 31.0 Å². The van der Waals surface area contributed by atoms with Gasteiger partial charge in [0, 0.05) is 50.9 Å². The molecule has 2 fully saturated rings. The van der Waals surface area contributed by atoms with Crippen molar-refractivity contribution in [2.75, 3.05) is 44.7 Å². The molecule has 2 aliphatic heterocycles. The van der Waals surface area contributed by atoms with Crippen LogP contribution in [0.15, 0.2) is 42.6 Å². The van der Waals surface area contributed by atoms with Crippen molar-refractivity contribution < 1.29 is 14.3 Å². The van der Waals surface area contributed by atoms with E-state index in [1.165, 1.54) is 0 Å². The number of carbonyl (C=O) groups is 2. The van der Waals surface area contributed by atoms with E-state index in [9.17, 15) is 14.9 Å². The molecule has 1 aromatic heterocycles. The number of para-hydroxylation sites is 1. The van der Waals surface area contributed by atoms with Gasteiger partial charge in [-0.25, -0.2) is 4.98 Å². The summed E-state index contributed by atoms with van der Waals surface area (Å²) in [4.78, 5) is 37.2.